The molecule has 2 atom stereocenters. The Labute approximate surface area is 121 Å². The van der Waals surface area contributed by atoms with E-state index < -0.39 is 15.8 Å². The molecule has 2 N–H and O–H groups in total. The van der Waals surface area contributed by atoms with Gasteiger partial charge in [-0.05, 0) is 47.8 Å². The molecule has 0 saturated carbocycles. The largest absolute Gasteiger partial charge is 0.328 e. The van der Waals surface area contributed by atoms with Crippen LogP contribution in [0.25, 0.3) is 0 Å². The Morgan fingerprint density at radius 1 is 1.47 bits per heavy atom. The average molecular weight is 351 g/mol. The molecule has 0 aromatic heterocycles. The van der Waals surface area contributed by atoms with Crippen LogP contribution in [0.3, 0.4) is 0 Å². The summed E-state index contributed by atoms with van der Waals surface area (Å²) < 4.78 is 40.5. The Hall–Kier alpha value is -0.500. The highest BCUT2D eigenvalue weighted by molar-refractivity contribution is 9.10. The second-order valence-electron chi connectivity index (χ2n) is 4.80. The van der Waals surface area contributed by atoms with Crippen molar-refractivity contribution in [1.29, 1.82) is 0 Å². The lowest BCUT2D eigenvalue weighted by molar-refractivity contribution is 0.246. The van der Waals surface area contributed by atoms with E-state index in [2.05, 4.69) is 15.9 Å². The fraction of sp³-hybridized carbons (Fsp3) is 0.500. The van der Waals surface area contributed by atoms with E-state index in [0.29, 0.717) is 19.4 Å². The van der Waals surface area contributed by atoms with Gasteiger partial charge in [-0.1, -0.05) is 6.07 Å². The number of nitrogens with two attached hydrogens (primary N) is 1. The molecule has 4 nitrogen and oxygen atoms in total. The fourth-order valence-electron chi connectivity index (χ4n) is 2.39. The normalized spacial score (nSPS) is 25.5. The highest BCUT2D eigenvalue weighted by Gasteiger charge is 2.36. The van der Waals surface area contributed by atoms with Gasteiger partial charge in [0.15, 0.2) is 0 Å². The number of hydrogen-bond donors (Lipinski definition) is 1. The maximum absolute atomic E-state index is 13.8. The van der Waals surface area contributed by atoms with Crippen molar-refractivity contribution in [3.05, 3.63) is 28.5 Å². The molecule has 1 saturated heterocycles. The van der Waals surface area contributed by atoms with Crippen molar-refractivity contribution >= 4 is 26.0 Å². The maximum atomic E-state index is 13.8. The van der Waals surface area contributed by atoms with Gasteiger partial charge in [-0.15, -0.1) is 0 Å². The van der Waals surface area contributed by atoms with Crippen LogP contribution in [-0.4, -0.2) is 31.4 Å². The molecule has 1 aromatic carbocycles. The van der Waals surface area contributed by atoms with Crippen LogP contribution in [0.4, 0.5) is 4.39 Å². The van der Waals surface area contributed by atoms with Gasteiger partial charge in [-0.25, -0.2) is 12.8 Å². The molecule has 1 aliphatic heterocycles. The first kappa shape index (κ1) is 14.9. The van der Waals surface area contributed by atoms with Gasteiger partial charge in [0.25, 0.3) is 0 Å². The minimum absolute atomic E-state index is 0.00510. The van der Waals surface area contributed by atoms with E-state index in [0.717, 1.165) is 6.07 Å². The molecule has 0 radical (unpaired) electrons. The highest BCUT2D eigenvalue weighted by Crippen LogP contribution is 2.31. The molecular weight excluding hydrogens is 335 g/mol. The summed E-state index contributed by atoms with van der Waals surface area (Å²) in [6.07, 6.45) is 1.18. The SMILES string of the molecule is C[C@@H]1C[C@H](N)CCN1S(=O)(=O)c1c(F)cccc1Br. The first-order valence-corrected chi connectivity index (χ1v) is 8.28. The van der Waals surface area contributed by atoms with Crippen LogP contribution in [0.5, 0.6) is 0 Å². The molecule has 7 heteroatoms. The molecule has 2 rings (SSSR count). The van der Waals surface area contributed by atoms with Crippen LogP contribution < -0.4 is 5.73 Å². The lowest BCUT2D eigenvalue weighted by atomic mass is 10.0. The van der Waals surface area contributed by atoms with Crippen molar-refractivity contribution in [3.63, 3.8) is 0 Å². The molecular formula is C12H16BrFN2O2S. The number of sulfonamides is 1. The zero-order valence-electron chi connectivity index (χ0n) is 10.5. The summed E-state index contributed by atoms with van der Waals surface area (Å²) in [5.74, 6) is -0.739. The topological polar surface area (TPSA) is 63.4 Å². The van der Waals surface area contributed by atoms with E-state index in [1.54, 1.807) is 6.92 Å². The van der Waals surface area contributed by atoms with Crippen LogP contribution in [0.2, 0.25) is 0 Å². The maximum Gasteiger partial charge on any atom is 0.247 e. The van der Waals surface area contributed by atoms with E-state index in [4.69, 9.17) is 5.73 Å². The van der Waals surface area contributed by atoms with Crippen molar-refractivity contribution in [2.75, 3.05) is 6.54 Å². The van der Waals surface area contributed by atoms with E-state index in [-0.39, 0.29) is 21.5 Å². The lowest BCUT2D eigenvalue weighted by Gasteiger charge is -2.35. The predicted molar refractivity (Wildman–Crippen MR) is 74.7 cm³/mol. The Bertz CT molecular complexity index is 559. The summed E-state index contributed by atoms with van der Waals surface area (Å²) in [5, 5.41) is 0. The molecule has 0 aliphatic carbocycles. The third-order valence-corrected chi connectivity index (χ3v) is 6.36. The minimum atomic E-state index is -3.84. The zero-order chi connectivity index (χ0) is 14.2. The number of halogens is 2. The number of hydrogen-bond acceptors (Lipinski definition) is 3. The standard InChI is InChI=1S/C12H16BrFN2O2S/c1-8-7-9(15)5-6-16(8)19(17,18)12-10(13)3-2-4-11(12)14/h2-4,8-9H,5-7,15H2,1H3/t8-,9-/m1/s1. The Morgan fingerprint density at radius 3 is 2.74 bits per heavy atom. The quantitative estimate of drug-likeness (QED) is 0.888. The number of rotatable bonds is 2. The third kappa shape index (κ3) is 2.84. The van der Waals surface area contributed by atoms with Crippen molar-refractivity contribution < 1.29 is 12.8 Å². The van der Waals surface area contributed by atoms with Gasteiger partial charge in [0.2, 0.25) is 10.0 Å². The Kier molecular flexibility index (Phi) is 4.29. The minimum Gasteiger partial charge on any atom is -0.328 e. The molecule has 0 bridgehead atoms. The number of nitrogens with zero attached hydrogens (tertiary/aromatic N) is 1. The molecule has 1 fully saturated rings. The zero-order valence-corrected chi connectivity index (χ0v) is 12.9. The van der Waals surface area contributed by atoms with Crippen molar-refractivity contribution in [1.82, 2.24) is 4.31 Å². The number of piperidine rings is 1. The molecule has 0 unspecified atom stereocenters. The van der Waals surface area contributed by atoms with Crippen molar-refractivity contribution in [2.24, 2.45) is 5.73 Å². The second kappa shape index (κ2) is 5.47. The molecule has 0 spiro atoms. The van der Waals surface area contributed by atoms with Crippen LogP contribution >= 0.6 is 15.9 Å². The fourth-order valence-corrected chi connectivity index (χ4v) is 5.12. The van der Waals surface area contributed by atoms with Crippen LogP contribution in [-0.2, 0) is 10.0 Å². The van der Waals surface area contributed by atoms with Crippen LogP contribution in [0, 0.1) is 5.82 Å². The van der Waals surface area contributed by atoms with Gasteiger partial charge in [0, 0.05) is 23.1 Å². The van der Waals surface area contributed by atoms with Crippen molar-refractivity contribution in [3.8, 4) is 0 Å². The average Bonchev–Trinajstić information content (AvgIpc) is 2.27. The summed E-state index contributed by atoms with van der Waals surface area (Å²) >= 11 is 3.11. The molecule has 1 aromatic rings. The third-order valence-electron chi connectivity index (χ3n) is 3.34. The van der Waals surface area contributed by atoms with Gasteiger partial charge in [-0.3, -0.25) is 0 Å². The molecule has 1 aliphatic rings. The van der Waals surface area contributed by atoms with E-state index in [1.165, 1.54) is 16.4 Å². The van der Waals surface area contributed by atoms with Crippen molar-refractivity contribution in [2.45, 2.75) is 36.7 Å². The smallest absolute Gasteiger partial charge is 0.247 e. The van der Waals surface area contributed by atoms with Gasteiger partial charge in [0.1, 0.15) is 10.7 Å². The van der Waals surface area contributed by atoms with Crippen LogP contribution in [0.1, 0.15) is 19.8 Å². The van der Waals surface area contributed by atoms with Gasteiger partial charge < -0.3 is 5.73 Å². The molecule has 19 heavy (non-hydrogen) atoms. The summed E-state index contributed by atoms with van der Waals surface area (Å²) in [6, 6.07) is 3.92. The van der Waals surface area contributed by atoms with E-state index in [9.17, 15) is 12.8 Å². The predicted octanol–water partition coefficient (Wildman–Crippen LogP) is 2.09. The summed E-state index contributed by atoms with van der Waals surface area (Å²) in [4.78, 5) is -0.294. The first-order chi connectivity index (χ1) is 8.84. The Balaban J connectivity index is 2.43. The van der Waals surface area contributed by atoms with E-state index >= 15 is 0 Å². The molecule has 1 heterocycles. The molecule has 106 valence electrons. The monoisotopic (exact) mass is 350 g/mol. The van der Waals surface area contributed by atoms with Crippen LogP contribution in [0.15, 0.2) is 27.6 Å². The Morgan fingerprint density at radius 2 is 2.16 bits per heavy atom. The second-order valence-corrected chi connectivity index (χ2v) is 7.48. The summed E-state index contributed by atoms with van der Waals surface area (Å²) in [6.45, 7) is 2.12. The van der Waals surface area contributed by atoms with Gasteiger partial charge in [-0.2, -0.15) is 4.31 Å². The molecule has 0 amide bonds. The first-order valence-electron chi connectivity index (χ1n) is 6.05. The lowest BCUT2D eigenvalue weighted by Crippen LogP contribution is -2.48. The highest BCUT2D eigenvalue weighted by atomic mass is 79.9. The van der Waals surface area contributed by atoms with Gasteiger partial charge in [0.05, 0.1) is 0 Å². The summed E-state index contributed by atoms with van der Waals surface area (Å²) in [7, 11) is -3.84. The van der Waals surface area contributed by atoms with Gasteiger partial charge >= 0.3 is 0 Å². The number of benzene rings is 1. The summed E-state index contributed by atoms with van der Waals surface area (Å²) in [5.41, 5.74) is 5.82. The van der Waals surface area contributed by atoms with E-state index in [1.807, 2.05) is 0 Å².